The SMILES string of the molecule is CNC(C)c1ccc(C)cc1OCCSc1ccccc1. The fraction of sp³-hybridized carbons (Fsp3) is 0.333. The monoisotopic (exact) mass is 301 g/mol. The number of thioether (sulfide) groups is 1. The summed E-state index contributed by atoms with van der Waals surface area (Å²) in [6.45, 7) is 4.96. The molecule has 0 spiro atoms. The Labute approximate surface area is 131 Å². The average molecular weight is 301 g/mol. The fourth-order valence-corrected chi connectivity index (χ4v) is 2.86. The number of nitrogens with one attached hydrogen (secondary N) is 1. The molecule has 0 bridgehead atoms. The zero-order chi connectivity index (χ0) is 15.1. The lowest BCUT2D eigenvalue weighted by molar-refractivity contribution is 0.336. The predicted molar refractivity (Wildman–Crippen MR) is 91.3 cm³/mol. The highest BCUT2D eigenvalue weighted by atomic mass is 32.2. The number of hydrogen-bond donors (Lipinski definition) is 1. The maximum absolute atomic E-state index is 6.00. The van der Waals surface area contributed by atoms with E-state index in [1.807, 2.05) is 24.9 Å². The van der Waals surface area contributed by atoms with Crippen LogP contribution in [0.4, 0.5) is 0 Å². The topological polar surface area (TPSA) is 21.3 Å². The van der Waals surface area contributed by atoms with E-state index >= 15 is 0 Å². The molecule has 21 heavy (non-hydrogen) atoms. The lowest BCUT2D eigenvalue weighted by atomic mass is 10.1. The van der Waals surface area contributed by atoms with Gasteiger partial charge in [-0.25, -0.2) is 0 Å². The predicted octanol–water partition coefficient (Wildman–Crippen LogP) is 4.45. The van der Waals surface area contributed by atoms with Gasteiger partial charge >= 0.3 is 0 Å². The molecule has 2 aromatic rings. The molecule has 112 valence electrons. The summed E-state index contributed by atoms with van der Waals surface area (Å²) < 4.78 is 6.00. The van der Waals surface area contributed by atoms with Crippen LogP contribution in [0.1, 0.15) is 24.1 Å². The Morgan fingerprint density at radius 2 is 1.90 bits per heavy atom. The molecule has 0 fully saturated rings. The van der Waals surface area contributed by atoms with Gasteiger partial charge in [0.2, 0.25) is 0 Å². The van der Waals surface area contributed by atoms with Crippen molar-refractivity contribution in [3.8, 4) is 5.75 Å². The molecule has 1 atom stereocenters. The van der Waals surface area contributed by atoms with Crippen molar-refractivity contribution in [1.29, 1.82) is 0 Å². The van der Waals surface area contributed by atoms with E-state index in [-0.39, 0.29) is 0 Å². The van der Waals surface area contributed by atoms with Crippen molar-refractivity contribution in [2.24, 2.45) is 0 Å². The van der Waals surface area contributed by atoms with Crippen molar-refractivity contribution < 1.29 is 4.74 Å². The third-order valence-electron chi connectivity index (χ3n) is 3.42. The minimum atomic E-state index is 0.294. The summed E-state index contributed by atoms with van der Waals surface area (Å²) in [6.07, 6.45) is 0. The lowest BCUT2D eigenvalue weighted by Crippen LogP contribution is -2.14. The minimum absolute atomic E-state index is 0.294. The fourth-order valence-electron chi connectivity index (χ4n) is 2.11. The number of rotatable bonds is 7. The molecule has 0 aromatic heterocycles. The molecule has 0 aliphatic rings. The van der Waals surface area contributed by atoms with Crippen molar-refractivity contribution in [3.05, 3.63) is 59.7 Å². The molecular weight excluding hydrogens is 278 g/mol. The van der Waals surface area contributed by atoms with Crippen molar-refractivity contribution in [2.45, 2.75) is 24.8 Å². The highest BCUT2D eigenvalue weighted by Crippen LogP contribution is 2.26. The first-order chi connectivity index (χ1) is 10.2. The molecule has 0 amide bonds. The largest absolute Gasteiger partial charge is 0.492 e. The number of aryl methyl sites for hydroxylation is 1. The van der Waals surface area contributed by atoms with Crippen LogP contribution < -0.4 is 10.1 Å². The van der Waals surface area contributed by atoms with Crippen LogP contribution in [0.15, 0.2) is 53.4 Å². The van der Waals surface area contributed by atoms with E-state index in [0.717, 1.165) is 11.5 Å². The van der Waals surface area contributed by atoms with Crippen molar-refractivity contribution >= 4 is 11.8 Å². The third kappa shape index (κ3) is 4.80. The summed E-state index contributed by atoms with van der Waals surface area (Å²) >= 11 is 1.82. The molecular formula is C18H23NOS. The van der Waals surface area contributed by atoms with Gasteiger partial charge in [0.15, 0.2) is 0 Å². The molecule has 0 heterocycles. The number of hydrogen-bond acceptors (Lipinski definition) is 3. The van der Waals surface area contributed by atoms with Gasteiger partial charge in [0.1, 0.15) is 5.75 Å². The van der Waals surface area contributed by atoms with E-state index in [2.05, 4.69) is 61.6 Å². The van der Waals surface area contributed by atoms with E-state index in [0.29, 0.717) is 12.6 Å². The van der Waals surface area contributed by atoms with Crippen molar-refractivity contribution in [3.63, 3.8) is 0 Å². The van der Waals surface area contributed by atoms with Crippen molar-refractivity contribution in [2.75, 3.05) is 19.4 Å². The maximum atomic E-state index is 6.00. The molecule has 0 saturated heterocycles. The van der Waals surface area contributed by atoms with E-state index in [1.165, 1.54) is 16.0 Å². The first kappa shape index (κ1) is 15.9. The first-order valence-corrected chi connectivity index (χ1v) is 8.27. The van der Waals surface area contributed by atoms with Crippen LogP contribution in [0.3, 0.4) is 0 Å². The van der Waals surface area contributed by atoms with Gasteiger partial charge in [0.25, 0.3) is 0 Å². The first-order valence-electron chi connectivity index (χ1n) is 7.29. The molecule has 2 aromatic carbocycles. The van der Waals surface area contributed by atoms with E-state index in [4.69, 9.17) is 4.74 Å². The van der Waals surface area contributed by atoms with Gasteiger partial charge < -0.3 is 10.1 Å². The van der Waals surface area contributed by atoms with Gasteiger partial charge in [-0.05, 0) is 44.7 Å². The quantitative estimate of drug-likeness (QED) is 0.603. The van der Waals surface area contributed by atoms with Gasteiger partial charge in [0, 0.05) is 22.3 Å². The summed E-state index contributed by atoms with van der Waals surface area (Å²) in [5.74, 6) is 1.94. The Balaban J connectivity index is 1.91. The van der Waals surface area contributed by atoms with Gasteiger partial charge in [-0.1, -0.05) is 30.3 Å². The van der Waals surface area contributed by atoms with E-state index in [9.17, 15) is 0 Å². The molecule has 2 nitrogen and oxygen atoms in total. The maximum Gasteiger partial charge on any atom is 0.124 e. The van der Waals surface area contributed by atoms with Crippen LogP contribution >= 0.6 is 11.8 Å². The second kappa shape index (κ2) is 8.11. The van der Waals surface area contributed by atoms with Crippen molar-refractivity contribution in [1.82, 2.24) is 5.32 Å². The van der Waals surface area contributed by atoms with Gasteiger partial charge in [-0.3, -0.25) is 0 Å². The van der Waals surface area contributed by atoms with E-state index < -0.39 is 0 Å². The molecule has 3 heteroatoms. The molecule has 1 N–H and O–H groups in total. The van der Waals surface area contributed by atoms with Crippen LogP contribution in [-0.2, 0) is 0 Å². The van der Waals surface area contributed by atoms with Crippen LogP contribution in [0, 0.1) is 6.92 Å². The smallest absolute Gasteiger partial charge is 0.124 e. The molecule has 2 rings (SSSR count). The minimum Gasteiger partial charge on any atom is -0.492 e. The third-order valence-corrected chi connectivity index (χ3v) is 4.40. The summed E-state index contributed by atoms with van der Waals surface area (Å²) in [4.78, 5) is 1.29. The Morgan fingerprint density at radius 1 is 1.14 bits per heavy atom. The molecule has 0 saturated carbocycles. The number of ether oxygens (including phenoxy) is 1. The van der Waals surface area contributed by atoms with Gasteiger partial charge in [0.05, 0.1) is 6.61 Å². The molecule has 0 aliphatic carbocycles. The summed E-state index contributed by atoms with van der Waals surface area (Å²) in [6, 6.07) is 17.1. The molecule has 0 aliphatic heterocycles. The van der Waals surface area contributed by atoms with E-state index in [1.54, 1.807) is 0 Å². The Kier molecular flexibility index (Phi) is 6.15. The second-order valence-electron chi connectivity index (χ2n) is 5.06. The normalized spacial score (nSPS) is 12.1. The zero-order valence-corrected chi connectivity index (χ0v) is 13.7. The van der Waals surface area contributed by atoms with Crippen LogP contribution in [0.25, 0.3) is 0 Å². The Morgan fingerprint density at radius 3 is 2.62 bits per heavy atom. The Hall–Kier alpha value is -1.45. The highest BCUT2D eigenvalue weighted by Gasteiger charge is 2.10. The van der Waals surface area contributed by atoms with Gasteiger partial charge in [-0.2, -0.15) is 0 Å². The summed E-state index contributed by atoms with van der Waals surface area (Å²) in [7, 11) is 1.97. The van der Waals surface area contributed by atoms with Crippen LogP contribution in [0.2, 0.25) is 0 Å². The standard InChI is InChI=1S/C18H23NOS/c1-14-9-10-17(15(2)19-3)18(13-14)20-11-12-21-16-7-5-4-6-8-16/h4-10,13,15,19H,11-12H2,1-3H3. The highest BCUT2D eigenvalue weighted by molar-refractivity contribution is 7.99. The average Bonchev–Trinajstić information content (AvgIpc) is 2.52. The second-order valence-corrected chi connectivity index (χ2v) is 6.23. The summed E-state index contributed by atoms with van der Waals surface area (Å²) in [5.41, 5.74) is 2.44. The van der Waals surface area contributed by atoms with Gasteiger partial charge in [-0.15, -0.1) is 11.8 Å². The zero-order valence-electron chi connectivity index (χ0n) is 12.9. The molecule has 0 radical (unpaired) electrons. The van der Waals surface area contributed by atoms with Crippen LogP contribution in [0.5, 0.6) is 5.75 Å². The molecule has 1 unspecified atom stereocenters. The number of benzene rings is 2. The van der Waals surface area contributed by atoms with Crippen LogP contribution in [-0.4, -0.2) is 19.4 Å². The lowest BCUT2D eigenvalue weighted by Gasteiger charge is -2.17. The Bertz CT molecular complexity index is 556. The summed E-state index contributed by atoms with van der Waals surface area (Å²) in [5, 5.41) is 3.27.